The van der Waals surface area contributed by atoms with Crippen molar-refractivity contribution in [1.82, 2.24) is 0 Å². The van der Waals surface area contributed by atoms with Crippen molar-refractivity contribution in [2.75, 3.05) is 0 Å². The number of aliphatic hydroxyl groups is 2. The van der Waals surface area contributed by atoms with Crippen LogP contribution in [-0.4, -0.2) is 15.8 Å². The summed E-state index contributed by atoms with van der Waals surface area (Å²) in [6.07, 6.45) is 16.7. The Morgan fingerprint density at radius 3 is 1.55 bits per heavy atom. The van der Waals surface area contributed by atoms with Gasteiger partial charge in [-0.15, -0.1) is 0 Å². The Morgan fingerprint density at radius 1 is 0.621 bits per heavy atom. The first-order valence-electron chi connectivity index (χ1n) is 9.63. The molecule has 146 valence electrons. The van der Waals surface area contributed by atoms with Crippen molar-refractivity contribution in [3.8, 4) is 0 Å². The maximum Gasteiger partial charge on any atom is 2.00 e. The first-order chi connectivity index (χ1) is 13.6. The Morgan fingerprint density at radius 2 is 1.07 bits per heavy atom. The Hall–Kier alpha value is -1.12. The third-order valence-electron chi connectivity index (χ3n) is 5.63. The van der Waals surface area contributed by atoms with Gasteiger partial charge >= 0.3 is 17.1 Å². The van der Waals surface area contributed by atoms with Crippen molar-refractivity contribution in [3.63, 3.8) is 0 Å². The van der Waals surface area contributed by atoms with Crippen LogP contribution in [0.2, 0.25) is 0 Å². The normalized spacial score (nSPS) is 20.3. The predicted octanol–water partition coefficient (Wildman–Crippen LogP) is 4.24. The molecule has 0 aliphatic heterocycles. The fraction of sp³-hybridized carbons (Fsp3) is 0.154. The van der Waals surface area contributed by atoms with Crippen LogP contribution in [0.5, 0.6) is 0 Å². The summed E-state index contributed by atoms with van der Waals surface area (Å²) in [7, 11) is 0. The standard InChI is InChI=1S/C26H24O2.Fe/c27-25(22-13-9-10-14-22,20-19-21-11-7-8-12-21)26(28,23-15-3-1-4-16-23)24-17-5-2-6-18-24;/h1-18,27-28H,19-20H2;/q;+2. The summed E-state index contributed by atoms with van der Waals surface area (Å²) in [5.74, 6) is 1.86. The summed E-state index contributed by atoms with van der Waals surface area (Å²) in [6.45, 7) is 0. The van der Waals surface area contributed by atoms with Gasteiger partial charge in [-0.1, -0.05) is 60.7 Å². The zero-order chi connectivity index (χ0) is 19.5. The minimum atomic E-state index is -1.59. The van der Waals surface area contributed by atoms with Crippen LogP contribution in [0.3, 0.4) is 0 Å². The van der Waals surface area contributed by atoms with E-state index >= 15 is 0 Å². The zero-order valence-electron chi connectivity index (χ0n) is 16.1. The van der Waals surface area contributed by atoms with E-state index in [1.165, 1.54) is 0 Å². The summed E-state index contributed by atoms with van der Waals surface area (Å²) in [5.41, 5.74) is -1.73. The molecule has 2 aliphatic carbocycles. The third kappa shape index (κ3) is 4.35. The Balaban J connectivity index is 0.00000240. The van der Waals surface area contributed by atoms with E-state index in [-0.39, 0.29) is 17.1 Å². The predicted molar refractivity (Wildman–Crippen MR) is 111 cm³/mol. The van der Waals surface area contributed by atoms with Gasteiger partial charge in [0.1, 0.15) is 11.2 Å². The molecule has 2 fully saturated rings. The average molecular weight is 424 g/mol. The topological polar surface area (TPSA) is 40.5 Å². The van der Waals surface area contributed by atoms with Gasteiger partial charge in [0.05, 0.1) is 0 Å². The molecule has 2 N–H and O–H groups in total. The molecule has 1 unspecified atom stereocenters. The molecule has 29 heavy (non-hydrogen) atoms. The molecular formula is C26H24FeO2+2. The van der Waals surface area contributed by atoms with E-state index in [1.54, 1.807) is 0 Å². The van der Waals surface area contributed by atoms with E-state index in [0.717, 1.165) is 5.92 Å². The molecule has 10 radical (unpaired) electrons. The Labute approximate surface area is 186 Å². The molecule has 2 aliphatic rings. The molecule has 0 aromatic heterocycles. The second-order valence-corrected chi connectivity index (χ2v) is 7.27. The first kappa shape index (κ1) is 22.6. The average Bonchev–Trinajstić information content (AvgIpc) is 3.47. The quantitative estimate of drug-likeness (QED) is 0.653. The molecule has 4 rings (SSSR count). The van der Waals surface area contributed by atoms with Crippen LogP contribution in [0, 0.1) is 63.2 Å². The van der Waals surface area contributed by atoms with Crippen LogP contribution in [-0.2, 0) is 22.7 Å². The fourth-order valence-corrected chi connectivity index (χ4v) is 4.09. The minimum absolute atomic E-state index is 0. The maximum atomic E-state index is 12.2. The van der Waals surface area contributed by atoms with E-state index < -0.39 is 11.2 Å². The minimum Gasteiger partial charge on any atom is -0.386 e. The molecule has 0 bridgehead atoms. The summed E-state index contributed by atoms with van der Waals surface area (Å²) in [5, 5.41) is 24.4. The summed E-state index contributed by atoms with van der Waals surface area (Å²) >= 11 is 0. The molecule has 0 spiro atoms. The van der Waals surface area contributed by atoms with Crippen molar-refractivity contribution in [3.05, 3.63) is 135 Å². The molecule has 0 saturated heterocycles. The number of hydrogen-bond donors (Lipinski definition) is 2. The van der Waals surface area contributed by atoms with Crippen LogP contribution in [0.25, 0.3) is 0 Å². The second-order valence-electron chi connectivity index (χ2n) is 7.27. The van der Waals surface area contributed by atoms with Crippen LogP contribution in [0.4, 0.5) is 0 Å². The molecule has 2 aromatic rings. The van der Waals surface area contributed by atoms with Crippen molar-refractivity contribution < 1.29 is 27.3 Å². The smallest absolute Gasteiger partial charge is 0.386 e. The summed E-state index contributed by atoms with van der Waals surface area (Å²) in [4.78, 5) is 0. The van der Waals surface area contributed by atoms with Gasteiger partial charge in [-0.2, -0.15) is 0 Å². The van der Waals surface area contributed by atoms with Gasteiger partial charge in [0.25, 0.3) is 0 Å². The Bertz CT molecular complexity index is 696. The van der Waals surface area contributed by atoms with Gasteiger partial charge in [-0.3, -0.25) is 0 Å². The Kier molecular flexibility index (Phi) is 7.62. The summed E-state index contributed by atoms with van der Waals surface area (Å²) < 4.78 is 0. The third-order valence-corrected chi connectivity index (χ3v) is 5.63. The van der Waals surface area contributed by atoms with Crippen LogP contribution in [0.15, 0.2) is 60.7 Å². The van der Waals surface area contributed by atoms with Crippen molar-refractivity contribution in [1.29, 1.82) is 0 Å². The van der Waals surface area contributed by atoms with Crippen molar-refractivity contribution in [2.45, 2.75) is 24.0 Å². The molecule has 0 heterocycles. The molecule has 0 amide bonds. The molecule has 2 saturated carbocycles. The fourth-order valence-electron chi connectivity index (χ4n) is 4.09. The van der Waals surface area contributed by atoms with Crippen molar-refractivity contribution in [2.24, 2.45) is 0 Å². The van der Waals surface area contributed by atoms with Crippen LogP contribution >= 0.6 is 0 Å². The van der Waals surface area contributed by atoms with Crippen molar-refractivity contribution >= 4 is 0 Å². The molecule has 1 atom stereocenters. The second kappa shape index (κ2) is 9.79. The number of hydrogen-bond acceptors (Lipinski definition) is 2. The van der Waals surface area contributed by atoms with Gasteiger partial charge in [0, 0.05) is 5.92 Å². The summed E-state index contributed by atoms with van der Waals surface area (Å²) in [6, 6.07) is 18.9. The molecule has 2 aromatic carbocycles. The maximum absolute atomic E-state index is 12.2. The van der Waals surface area contributed by atoms with E-state index in [2.05, 4.69) is 12.8 Å². The van der Waals surface area contributed by atoms with Gasteiger partial charge in [-0.25, -0.2) is 0 Å². The van der Waals surface area contributed by atoms with Gasteiger partial charge in [-0.05, 0) is 81.3 Å². The molecular weight excluding hydrogens is 400 g/mol. The van der Waals surface area contributed by atoms with Crippen LogP contribution < -0.4 is 0 Å². The van der Waals surface area contributed by atoms with E-state index in [4.69, 9.17) is 0 Å². The van der Waals surface area contributed by atoms with E-state index in [9.17, 15) is 10.2 Å². The molecule has 3 heteroatoms. The largest absolute Gasteiger partial charge is 2.00 e. The number of benzene rings is 2. The number of rotatable bonds is 7. The van der Waals surface area contributed by atoms with Crippen LogP contribution in [0.1, 0.15) is 24.0 Å². The monoisotopic (exact) mass is 424 g/mol. The SMILES string of the molecule is OC(CC[C]1[CH][CH][CH][CH]1)([C]1[CH][CH][CH][CH]1)C(O)(c1ccccc1)c1ccccc1.[Fe+2]. The first-order valence-corrected chi connectivity index (χ1v) is 9.63. The van der Waals surface area contributed by atoms with Gasteiger partial charge in [0.2, 0.25) is 0 Å². The van der Waals surface area contributed by atoms with Gasteiger partial charge < -0.3 is 10.2 Å². The molecule has 2 nitrogen and oxygen atoms in total. The zero-order valence-corrected chi connectivity index (χ0v) is 17.2. The van der Waals surface area contributed by atoms with E-state index in [1.807, 2.05) is 99.2 Å². The van der Waals surface area contributed by atoms with Gasteiger partial charge in [0.15, 0.2) is 0 Å². The van der Waals surface area contributed by atoms with E-state index in [0.29, 0.717) is 29.9 Å².